The Labute approximate surface area is 138 Å². The Morgan fingerprint density at radius 1 is 0.708 bits per heavy atom. The second-order valence-electron chi connectivity index (χ2n) is 5.47. The van der Waals surface area contributed by atoms with Crippen LogP contribution in [-0.4, -0.2) is 33.2 Å². The summed E-state index contributed by atoms with van der Waals surface area (Å²) in [7, 11) is 0. The fourth-order valence-electron chi connectivity index (χ4n) is 2.67. The molecule has 0 radical (unpaired) electrons. The number of rotatable bonds is 7. The number of aliphatic carboxylic acids is 3. The minimum absolute atomic E-state index is 0.152. The van der Waals surface area contributed by atoms with E-state index in [0.29, 0.717) is 0 Å². The van der Waals surface area contributed by atoms with Gasteiger partial charge in [-0.3, -0.25) is 14.4 Å². The van der Waals surface area contributed by atoms with Gasteiger partial charge in [0, 0.05) is 0 Å². The Morgan fingerprint density at radius 3 is 1.58 bits per heavy atom. The Balaban J connectivity index is 2.48. The zero-order valence-electron chi connectivity index (χ0n) is 12.7. The standard InChI is InChI=1S/C18H16O6/c19-15(20)10-18(17(23)24,11-16(21)22)14-8-6-13(7-9-14)12-4-2-1-3-5-12/h1-9H,10-11H2,(H,19,20)(H,21,22)(H,23,24). The lowest BCUT2D eigenvalue weighted by molar-refractivity contribution is -0.154. The molecule has 0 atom stereocenters. The molecule has 0 bridgehead atoms. The maximum Gasteiger partial charge on any atom is 0.315 e. The zero-order valence-corrected chi connectivity index (χ0v) is 12.7. The molecule has 0 saturated heterocycles. The second kappa shape index (κ2) is 6.95. The van der Waals surface area contributed by atoms with Crippen molar-refractivity contribution in [1.29, 1.82) is 0 Å². The molecule has 6 nitrogen and oxygen atoms in total. The van der Waals surface area contributed by atoms with Crippen LogP contribution in [0.3, 0.4) is 0 Å². The highest BCUT2D eigenvalue weighted by atomic mass is 16.4. The van der Waals surface area contributed by atoms with Crippen LogP contribution in [0.15, 0.2) is 54.6 Å². The van der Waals surface area contributed by atoms with Crippen LogP contribution in [0.5, 0.6) is 0 Å². The van der Waals surface area contributed by atoms with Gasteiger partial charge in [0.25, 0.3) is 0 Å². The molecule has 0 amide bonds. The van der Waals surface area contributed by atoms with Crippen LogP contribution in [0.1, 0.15) is 18.4 Å². The summed E-state index contributed by atoms with van der Waals surface area (Å²) < 4.78 is 0. The molecule has 124 valence electrons. The minimum Gasteiger partial charge on any atom is -0.481 e. The van der Waals surface area contributed by atoms with E-state index in [1.54, 1.807) is 12.1 Å². The Kier molecular flexibility index (Phi) is 4.99. The number of hydrogen-bond acceptors (Lipinski definition) is 3. The van der Waals surface area contributed by atoms with Crippen molar-refractivity contribution in [3.05, 3.63) is 60.2 Å². The second-order valence-corrected chi connectivity index (χ2v) is 5.47. The van der Waals surface area contributed by atoms with Gasteiger partial charge < -0.3 is 15.3 Å². The van der Waals surface area contributed by atoms with Crippen LogP contribution in [-0.2, 0) is 19.8 Å². The quantitative estimate of drug-likeness (QED) is 0.720. The first kappa shape index (κ1) is 17.2. The largest absolute Gasteiger partial charge is 0.481 e. The maximum atomic E-state index is 11.7. The van der Waals surface area contributed by atoms with E-state index in [1.807, 2.05) is 30.3 Å². The van der Waals surface area contributed by atoms with Gasteiger partial charge in [-0.15, -0.1) is 0 Å². The first-order valence-corrected chi connectivity index (χ1v) is 7.18. The summed E-state index contributed by atoms with van der Waals surface area (Å²) in [6.07, 6.45) is -1.61. The lowest BCUT2D eigenvalue weighted by Gasteiger charge is -2.27. The first-order valence-electron chi connectivity index (χ1n) is 7.18. The molecule has 0 heterocycles. The van der Waals surface area contributed by atoms with Crippen molar-refractivity contribution in [2.45, 2.75) is 18.3 Å². The van der Waals surface area contributed by atoms with Gasteiger partial charge in [0.2, 0.25) is 0 Å². The molecule has 24 heavy (non-hydrogen) atoms. The van der Waals surface area contributed by atoms with Crippen molar-refractivity contribution in [1.82, 2.24) is 0 Å². The van der Waals surface area contributed by atoms with Crippen LogP contribution in [0.2, 0.25) is 0 Å². The van der Waals surface area contributed by atoms with Gasteiger partial charge in [0.1, 0.15) is 5.41 Å². The van der Waals surface area contributed by atoms with Gasteiger partial charge in [0.05, 0.1) is 12.8 Å². The summed E-state index contributed by atoms with van der Waals surface area (Å²) >= 11 is 0. The molecule has 0 fully saturated rings. The number of benzene rings is 2. The van der Waals surface area contributed by atoms with Gasteiger partial charge >= 0.3 is 17.9 Å². The summed E-state index contributed by atoms with van der Waals surface area (Å²) in [5.41, 5.74) is -0.113. The van der Waals surface area contributed by atoms with E-state index in [2.05, 4.69) is 0 Å². The third-order valence-corrected chi connectivity index (χ3v) is 3.86. The van der Waals surface area contributed by atoms with Gasteiger partial charge in [0.15, 0.2) is 0 Å². The average Bonchev–Trinajstić information content (AvgIpc) is 2.54. The van der Waals surface area contributed by atoms with Crippen molar-refractivity contribution in [2.75, 3.05) is 0 Å². The maximum absolute atomic E-state index is 11.7. The minimum atomic E-state index is -2.01. The molecule has 2 aromatic rings. The summed E-state index contributed by atoms with van der Waals surface area (Å²) in [6, 6.07) is 15.6. The van der Waals surface area contributed by atoms with Gasteiger partial charge in [-0.25, -0.2) is 0 Å². The fourth-order valence-corrected chi connectivity index (χ4v) is 2.67. The number of hydrogen-bond donors (Lipinski definition) is 3. The Hall–Kier alpha value is -3.15. The third-order valence-electron chi connectivity index (χ3n) is 3.86. The van der Waals surface area contributed by atoms with Crippen molar-refractivity contribution >= 4 is 17.9 Å². The number of carboxylic acids is 3. The Morgan fingerprint density at radius 2 is 1.17 bits per heavy atom. The summed E-state index contributed by atoms with van der Waals surface area (Å²) in [4.78, 5) is 33.9. The van der Waals surface area contributed by atoms with Crippen molar-refractivity contribution in [2.24, 2.45) is 0 Å². The molecular weight excluding hydrogens is 312 g/mol. The molecule has 2 aromatic carbocycles. The smallest absolute Gasteiger partial charge is 0.315 e. The predicted molar refractivity (Wildman–Crippen MR) is 85.7 cm³/mol. The van der Waals surface area contributed by atoms with E-state index in [-0.39, 0.29) is 5.56 Å². The predicted octanol–water partition coefficient (Wildman–Crippen LogP) is 2.63. The van der Waals surface area contributed by atoms with Gasteiger partial charge in [-0.2, -0.15) is 0 Å². The molecule has 0 saturated carbocycles. The lowest BCUT2D eigenvalue weighted by Crippen LogP contribution is -2.40. The summed E-state index contributed by atoms with van der Waals surface area (Å²) in [5.74, 6) is -4.21. The topological polar surface area (TPSA) is 112 Å². The Bertz CT molecular complexity index is 733. The molecule has 6 heteroatoms. The SMILES string of the molecule is O=C(O)CC(CC(=O)O)(C(=O)O)c1ccc(-c2ccccc2)cc1. The summed E-state index contributed by atoms with van der Waals surface area (Å²) in [5, 5.41) is 27.6. The molecule has 0 aromatic heterocycles. The number of carbonyl (C=O) groups is 3. The summed E-state index contributed by atoms with van der Waals surface area (Å²) in [6.45, 7) is 0. The molecule has 2 rings (SSSR count). The third kappa shape index (κ3) is 3.60. The molecule has 0 spiro atoms. The van der Waals surface area contributed by atoms with Crippen LogP contribution >= 0.6 is 0 Å². The molecular formula is C18H16O6. The lowest BCUT2D eigenvalue weighted by atomic mass is 9.74. The van der Waals surface area contributed by atoms with Crippen molar-refractivity contribution < 1.29 is 29.7 Å². The molecule has 0 aliphatic heterocycles. The van der Waals surface area contributed by atoms with E-state index in [1.165, 1.54) is 12.1 Å². The van der Waals surface area contributed by atoms with E-state index < -0.39 is 36.2 Å². The normalized spacial score (nSPS) is 11.0. The molecule has 0 aliphatic carbocycles. The first-order chi connectivity index (χ1) is 11.3. The van der Waals surface area contributed by atoms with E-state index in [9.17, 15) is 19.5 Å². The van der Waals surface area contributed by atoms with Crippen LogP contribution in [0.25, 0.3) is 11.1 Å². The van der Waals surface area contributed by atoms with Crippen LogP contribution in [0, 0.1) is 0 Å². The van der Waals surface area contributed by atoms with Crippen molar-refractivity contribution in [3.8, 4) is 11.1 Å². The average molecular weight is 328 g/mol. The highest BCUT2D eigenvalue weighted by Crippen LogP contribution is 2.34. The van der Waals surface area contributed by atoms with Crippen LogP contribution < -0.4 is 0 Å². The molecule has 0 aliphatic rings. The van der Waals surface area contributed by atoms with E-state index in [4.69, 9.17) is 10.2 Å². The van der Waals surface area contributed by atoms with E-state index >= 15 is 0 Å². The zero-order chi connectivity index (χ0) is 17.7. The van der Waals surface area contributed by atoms with Gasteiger partial charge in [-0.1, -0.05) is 54.6 Å². The fraction of sp³-hybridized carbons (Fsp3) is 0.167. The molecule has 0 unspecified atom stereocenters. The highest BCUT2D eigenvalue weighted by Gasteiger charge is 2.44. The monoisotopic (exact) mass is 328 g/mol. The van der Waals surface area contributed by atoms with Gasteiger partial charge in [-0.05, 0) is 16.7 Å². The van der Waals surface area contributed by atoms with Crippen LogP contribution in [0.4, 0.5) is 0 Å². The number of carboxylic acid groups (broad SMARTS) is 3. The molecule has 3 N–H and O–H groups in total. The van der Waals surface area contributed by atoms with E-state index in [0.717, 1.165) is 11.1 Å². The van der Waals surface area contributed by atoms with Crippen molar-refractivity contribution in [3.63, 3.8) is 0 Å². The highest BCUT2D eigenvalue weighted by molar-refractivity contribution is 5.91.